The van der Waals surface area contributed by atoms with E-state index >= 15 is 0 Å². The van der Waals surface area contributed by atoms with Gasteiger partial charge in [-0.1, -0.05) is 27.5 Å². The molecule has 0 bridgehead atoms. The van der Waals surface area contributed by atoms with Gasteiger partial charge in [0, 0.05) is 30.7 Å². The predicted octanol–water partition coefficient (Wildman–Crippen LogP) is 3.81. The van der Waals surface area contributed by atoms with E-state index < -0.39 is 10.0 Å². The second kappa shape index (κ2) is 7.73. The largest absolute Gasteiger partial charge is 0.435 e. The predicted molar refractivity (Wildman–Crippen MR) is 106 cm³/mol. The van der Waals surface area contributed by atoms with Gasteiger partial charge >= 0.3 is 0 Å². The lowest BCUT2D eigenvalue weighted by Gasteiger charge is -2.34. The van der Waals surface area contributed by atoms with Gasteiger partial charge in [0.05, 0.1) is 17.4 Å². The van der Waals surface area contributed by atoms with Crippen molar-refractivity contribution in [2.45, 2.75) is 25.4 Å². The van der Waals surface area contributed by atoms with E-state index in [1.807, 2.05) is 18.4 Å². The summed E-state index contributed by atoms with van der Waals surface area (Å²) in [4.78, 5) is 2.74. The van der Waals surface area contributed by atoms with Crippen LogP contribution in [0.5, 0.6) is 0 Å². The summed E-state index contributed by atoms with van der Waals surface area (Å²) in [7, 11) is -3.61. The van der Waals surface area contributed by atoms with Gasteiger partial charge in [0.1, 0.15) is 10.7 Å². The Hall–Kier alpha value is -0.710. The van der Waals surface area contributed by atoms with Crippen LogP contribution < -0.4 is 0 Å². The summed E-state index contributed by atoms with van der Waals surface area (Å²) in [6.07, 6.45) is 0. The second-order valence-corrected chi connectivity index (χ2v) is 9.75. The number of oxazole rings is 1. The molecule has 1 aromatic carbocycles. The number of benzene rings is 1. The summed E-state index contributed by atoms with van der Waals surface area (Å²) in [5.74, 6) is 0.807. The highest BCUT2D eigenvalue weighted by Gasteiger charge is 2.30. The fraction of sp³-hybridized carbons (Fsp3) is 0.438. The molecule has 1 fully saturated rings. The van der Waals surface area contributed by atoms with Gasteiger partial charge in [-0.05, 0) is 44.3 Å². The zero-order chi connectivity index (χ0) is 19.1. The summed E-state index contributed by atoms with van der Waals surface area (Å²) in [5, 5.41) is 0.220. The van der Waals surface area contributed by atoms with E-state index in [9.17, 15) is 8.42 Å². The number of rotatable bonds is 4. The van der Waals surface area contributed by atoms with Crippen molar-refractivity contribution in [2.75, 3.05) is 26.2 Å². The Morgan fingerprint density at radius 3 is 2.42 bits per heavy atom. The molecule has 0 aliphatic carbocycles. The van der Waals surface area contributed by atoms with E-state index in [1.54, 1.807) is 12.1 Å². The number of nitrogens with zero attached hydrogens (tertiary/aromatic N) is 3. The van der Waals surface area contributed by atoms with Crippen molar-refractivity contribution in [3.63, 3.8) is 0 Å². The van der Waals surface area contributed by atoms with Crippen LogP contribution in [0.2, 0.25) is 5.02 Å². The van der Waals surface area contributed by atoms with Gasteiger partial charge in [0.15, 0.2) is 0 Å². The van der Waals surface area contributed by atoms with E-state index in [4.69, 9.17) is 28.2 Å². The highest BCUT2D eigenvalue weighted by molar-refractivity contribution is 9.10. The fourth-order valence-electron chi connectivity index (χ4n) is 2.89. The van der Waals surface area contributed by atoms with Crippen LogP contribution in [-0.4, -0.2) is 48.4 Å². The van der Waals surface area contributed by atoms with Crippen LogP contribution in [0.4, 0.5) is 0 Å². The van der Waals surface area contributed by atoms with E-state index in [0.29, 0.717) is 37.7 Å². The van der Waals surface area contributed by atoms with Gasteiger partial charge < -0.3 is 4.42 Å². The van der Waals surface area contributed by atoms with Crippen LogP contribution in [0, 0.1) is 18.7 Å². The van der Waals surface area contributed by atoms with Crippen molar-refractivity contribution in [2.24, 2.45) is 0 Å². The third kappa shape index (κ3) is 3.93. The SMILES string of the molecule is Cc1oc(=S)n(CN2CCN(S(=O)(=O)c3ccc(Br)cc3Cl)CC2)c1C. The van der Waals surface area contributed by atoms with Crippen molar-refractivity contribution in [1.82, 2.24) is 13.8 Å². The molecule has 0 radical (unpaired) electrons. The van der Waals surface area contributed by atoms with Gasteiger partial charge in [-0.3, -0.25) is 9.47 Å². The summed E-state index contributed by atoms with van der Waals surface area (Å²) in [6, 6.07) is 4.81. The van der Waals surface area contributed by atoms with Gasteiger partial charge in [-0.2, -0.15) is 4.31 Å². The molecule has 142 valence electrons. The summed E-state index contributed by atoms with van der Waals surface area (Å²) < 4.78 is 35.4. The van der Waals surface area contributed by atoms with Crippen molar-refractivity contribution in [1.29, 1.82) is 0 Å². The minimum absolute atomic E-state index is 0.138. The lowest BCUT2D eigenvalue weighted by Crippen LogP contribution is -2.48. The molecule has 0 N–H and O–H groups in total. The average molecular weight is 481 g/mol. The van der Waals surface area contributed by atoms with Crippen LogP contribution in [0.15, 0.2) is 32.0 Å². The summed E-state index contributed by atoms with van der Waals surface area (Å²) >= 11 is 14.7. The molecule has 0 spiro atoms. The quantitative estimate of drug-likeness (QED) is 0.623. The van der Waals surface area contributed by atoms with Gasteiger partial charge in [0.25, 0.3) is 4.84 Å². The van der Waals surface area contributed by atoms with E-state index in [2.05, 4.69) is 20.8 Å². The van der Waals surface area contributed by atoms with E-state index in [0.717, 1.165) is 15.9 Å². The third-order valence-corrected chi connectivity index (χ3v) is 7.74. The second-order valence-electron chi connectivity index (χ2n) is 6.18. The maximum absolute atomic E-state index is 12.9. The van der Waals surface area contributed by atoms with Crippen LogP contribution in [0.3, 0.4) is 0 Å². The molecule has 10 heteroatoms. The minimum atomic E-state index is -3.61. The van der Waals surface area contributed by atoms with Crippen molar-refractivity contribution >= 4 is 49.8 Å². The van der Waals surface area contributed by atoms with Gasteiger partial charge in [0.2, 0.25) is 10.0 Å². The van der Waals surface area contributed by atoms with Gasteiger partial charge in [-0.15, -0.1) is 0 Å². The zero-order valence-corrected chi connectivity index (χ0v) is 18.4. The zero-order valence-electron chi connectivity index (χ0n) is 14.4. The Kier molecular flexibility index (Phi) is 5.96. The molecule has 0 unspecified atom stereocenters. The lowest BCUT2D eigenvalue weighted by molar-refractivity contribution is 0.149. The highest BCUT2D eigenvalue weighted by Crippen LogP contribution is 2.28. The average Bonchev–Trinajstić information content (AvgIpc) is 2.81. The Balaban J connectivity index is 1.71. The third-order valence-electron chi connectivity index (χ3n) is 4.56. The molecule has 1 aliphatic rings. The fourth-order valence-corrected chi connectivity index (χ4v) is 5.64. The molecule has 0 amide bonds. The summed E-state index contributed by atoms with van der Waals surface area (Å²) in [5.41, 5.74) is 0.992. The van der Waals surface area contributed by atoms with Crippen molar-refractivity contribution < 1.29 is 12.8 Å². The first-order chi connectivity index (χ1) is 12.2. The maximum atomic E-state index is 12.9. The topological polar surface area (TPSA) is 58.7 Å². The van der Waals surface area contributed by atoms with E-state index in [1.165, 1.54) is 10.4 Å². The molecule has 0 saturated carbocycles. The van der Waals surface area contributed by atoms with Gasteiger partial charge in [-0.25, -0.2) is 8.42 Å². The first kappa shape index (κ1) is 20.0. The molecule has 1 aliphatic heterocycles. The smallest absolute Gasteiger partial charge is 0.270 e. The van der Waals surface area contributed by atoms with Crippen LogP contribution in [0.25, 0.3) is 0 Å². The molecular formula is C16H19BrClN3O3S2. The summed E-state index contributed by atoms with van der Waals surface area (Å²) in [6.45, 7) is 6.46. The van der Waals surface area contributed by atoms with Crippen LogP contribution in [-0.2, 0) is 16.7 Å². The first-order valence-electron chi connectivity index (χ1n) is 8.04. The molecule has 0 atom stereocenters. The molecule has 26 heavy (non-hydrogen) atoms. The Morgan fingerprint density at radius 1 is 1.23 bits per heavy atom. The highest BCUT2D eigenvalue weighted by atomic mass is 79.9. The Labute approximate surface area is 171 Å². The van der Waals surface area contributed by atoms with Crippen molar-refractivity contribution in [3.05, 3.63) is 44.0 Å². The monoisotopic (exact) mass is 479 g/mol. The number of piperazine rings is 1. The molecule has 1 saturated heterocycles. The Bertz CT molecular complexity index is 979. The molecule has 2 aromatic rings. The van der Waals surface area contributed by atoms with Crippen LogP contribution >= 0.6 is 39.7 Å². The molecule has 2 heterocycles. The number of aromatic nitrogens is 1. The van der Waals surface area contributed by atoms with Crippen LogP contribution in [0.1, 0.15) is 11.5 Å². The molecule has 3 rings (SSSR count). The molecule has 1 aromatic heterocycles. The number of hydrogen-bond donors (Lipinski definition) is 0. The molecular weight excluding hydrogens is 462 g/mol. The lowest BCUT2D eigenvalue weighted by atomic mass is 10.4. The minimum Gasteiger partial charge on any atom is -0.435 e. The molecule has 6 nitrogen and oxygen atoms in total. The number of aryl methyl sites for hydroxylation is 1. The number of halogens is 2. The number of sulfonamides is 1. The number of hydrogen-bond acceptors (Lipinski definition) is 5. The standard InChI is InChI=1S/C16H19BrClN3O3S2/c1-11-12(2)24-16(25)21(11)10-19-5-7-20(8-6-19)26(22,23)15-4-3-13(17)9-14(15)18/h3-4,9H,5-8,10H2,1-2H3. The van der Waals surface area contributed by atoms with E-state index in [-0.39, 0.29) is 9.92 Å². The normalized spacial score (nSPS) is 16.9. The first-order valence-corrected chi connectivity index (χ1v) is 11.1. The van der Waals surface area contributed by atoms with Crippen molar-refractivity contribution in [3.8, 4) is 0 Å². The Morgan fingerprint density at radius 2 is 1.88 bits per heavy atom. The maximum Gasteiger partial charge on any atom is 0.270 e.